The van der Waals surface area contributed by atoms with E-state index in [1.165, 1.54) is 48.5 Å². The summed E-state index contributed by atoms with van der Waals surface area (Å²) in [7, 11) is -8.27. The minimum Gasteiger partial charge on any atom is -0.284 e. The van der Waals surface area contributed by atoms with Gasteiger partial charge in [-0.1, -0.05) is 74.5 Å². The van der Waals surface area contributed by atoms with Gasteiger partial charge in [0.25, 0.3) is 15.9 Å². The van der Waals surface area contributed by atoms with Gasteiger partial charge in [-0.2, -0.15) is 8.61 Å². The molecule has 1 saturated heterocycles. The standard InChI is InChI=1S/C29H24BrCl4N5O5S2/c1-29(16-18-2-4-19(30)5-3-18)27(40)38(24-12-20(31)10-21(32)13-24)28-35-17-26(39(28)29)46(43,44)37-8-6-36(7-9-37)45(41,42)25-14-22(33)11-23(34)15-25/h2-5,10-15,17H,6-9,16H2,1H3/t29-/m1/s1. The van der Waals surface area contributed by atoms with Crippen LogP contribution >= 0.6 is 62.3 Å². The van der Waals surface area contributed by atoms with E-state index in [9.17, 15) is 21.6 Å². The van der Waals surface area contributed by atoms with E-state index in [1.54, 1.807) is 19.1 Å². The third-order valence-electron chi connectivity index (χ3n) is 7.91. The number of rotatable bonds is 7. The molecule has 0 radical (unpaired) electrons. The van der Waals surface area contributed by atoms with Crippen LogP contribution < -0.4 is 4.90 Å². The number of halogens is 5. The number of piperazine rings is 1. The number of amides is 1. The van der Waals surface area contributed by atoms with E-state index in [0.717, 1.165) is 10.0 Å². The Morgan fingerprint density at radius 3 is 1.83 bits per heavy atom. The second-order valence-corrected chi connectivity index (χ2v) is 17.5. The summed E-state index contributed by atoms with van der Waals surface area (Å²) in [5.74, 6) is -0.343. The lowest BCUT2D eigenvalue weighted by Gasteiger charge is -2.34. The number of benzene rings is 3. The molecule has 242 valence electrons. The zero-order valence-electron chi connectivity index (χ0n) is 23.9. The number of fused-ring (bicyclic) bond motifs is 1. The predicted octanol–water partition coefficient (Wildman–Crippen LogP) is 6.59. The van der Waals surface area contributed by atoms with Crippen molar-refractivity contribution in [3.05, 3.63) is 97.0 Å². The maximum Gasteiger partial charge on any atom is 0.260 e. The van der Waals surface area contributed by atoms with Gasteiger partial charge in [0.2, 0.25) is 16.0 Å². The SMILES string of the molecule is C[C@@]1(Cc2ccc(Br)cc2)C(=O)N(c2cc(Cl)cc(Cl)c2)c2ncc(S(=O)(=O)N3CCN(S(=O)(=O)c4cc(Cl)cc(Cl)c4)CC3)n21. The van der Waals surface area contributed by atoms with Crippen LogP contribution in [0, 0.1) is 0 Å². The molecule has 1 fully saturated rings. The Hall–Kier alpha value is -2.20. The van der Waals surface area contributed by atoms with E-state index in [2.05, 4.69) is 20.9 Å². The molecule has 2 aliphatic rings. The maximum absolute atomic E-state index is 14.3. The Morgan fingerprint density at radius 1 is 0.783 bits per heavy atom. The molecule has 1 aromatic heterocycles. The van der Waals surface area contributed by atoms with Gasteiger partial charge in [0.05, 0.1) is 16.8 Å². The fourth-order valence-corrected chi connectivity index (χ4v) is 10.3. The average molecular weight is 808 g/mol. The normalized spacial score (nSPS) is 19.5. The molecule has 1 amide bonds. The highest BCUT2D eigenvalue weighted by Gasteiger charge is 2.52. The Bertz CT molecular complexity index is 2050. The number of aromatic nitrogens is 2. The monoisotopic (exact) mass is 805 g/mol. The second kappa shape index (κ2) is 12.4. The van der Waals surface area contributed by atoms with Crippen LogP contribution in [-0.2, 0) is 36.8 Å². The molecule has 3 heterocycles. The van der Waals surface area contributed by atoms with E-state index >= 15 is 0 Å². The largest absolute Gasteiger partial charge is 0.284 e. The predicted molar refractivity (Wildman–Crippen MR) is 181 cm³/mol. The molecule has 4 aromatic rings. The zero-order chi connectivity index (χ0) is 33.2. The zero-order valence-corrected chi connectivity index (χ0v) is 30.1. The molecule has 46 heavy (non-hydrogen) atoms. The van der Waals surface area contributed by atoms with E-state index in [1.807, 2.05) is 24.3 Å². The lowest BCUT2D eigenvalue weighted by atomic mass is 9.92. The highest BCUT2D eigenvalue weighted by atomic mass is 79.9. The highest BCUT2D eigenvalue weighted by molar-refractivity contribution is 9.10. The molecule has 1 atom stereocenters. The van der Waals surface area contributed by atoms with Crippen molar-refractivity contribution in [1.82, 2.24) is 18.2 Å². The number of carbonyl (C=O) groups excluding carboxylic acids is 1. The Labute approximate surface area is 294 Å². The topological polar surface area (TPSA) is 113 Å². The summed E-state index contributed by atoms with van der Waals surface area (Å²) in [5.41, 5.74) is -0.306. The smallest absolute Gasteiger partial charge is 0.260 e. The summed E-state index contributed by atoms with van der Waals surface area (Å²) in [6.45, 7) is 1.15. The highest BCUT2D eigenvalue weighted by Crippen LogP contribution is 2.45. The lowest BCUT2D eigenvalue weighted by Crippen LogP contribution is -2.51. The summed E-state index contributed by atoms with van der Waals surface area (Å²) in [5, 5.41) is 0.698. The molecular formula is C29H24BrCl4N5O5S2. The Balaban J connectivity index is 1.36. The minimum absolute atomic E-state index is 0.0839. The van der Waals surface area contributed by atoms with Gasteiger partial charge < -0.3 is 0 Å². The molecular weight excluding hydrogens is 784 g/mol. The number of carbonyl (C=O) groups is 1. The molecule has 2 aliphatic heterocycles. The van der Waals surface area contributed by atoms with E-state index < -0.39 is 31.5 Å². The van der Waals surface area contributed by atoms with E-state index in [4.69, 9.17) is 46.4 Å². The summed E-state index contributed by atoms with van der Waals surface area (Å²) >= 11 is 28.0. The molecule has 0 spiro atoms. The van der Waals surface area contributed by atoms with Gasteiger partial charge in [-0.25, -0.2) is 26.7 Å². The van der Waals surface area contributed by atoms with Gasteiger partial charge in [-0.3, -0.25) is 9.36 Å². The molecule has 10 nitrogen and oxygen atoms in total. The first-order valence-corrected chi connectivity index (χ1v) is 18.9. The van der Waals surface area contributed by atoms with Crippen LogP contribution in [-0.4, -0.2) is 67.1 Å². The number of hydrogen-bond donors (Lipinski definition) is 0. The number of imidazole rings is 1. The first-order valence-electron chi connectivity index (χ1n) is 13.7. The number of nitrogens with zero attached hydrogens (tertiary/aromatic N) is 5. The number of sulfonamides is 2. The lowest BCUT2D eigenvalue weighted by molar-refractivity contribution is -0.124. The van der Waals surface area contributed by atoms with Crippen LogP contribution in [0.5, 0.6) is 0 Å². The van der Waals surface area contributed by atoms with Crippen LogP contribution in [0.15, 0.2) is 81.3 Å². The third-order valence-corrected chi connectivity index (χ3v) is 13.1. The van der Waals surface area contributed by atoms with Crippen LogP contribution in [0.25, 0.3) is 0 Å². The fourth-order valence-electron chi connectivity index (χ4n) is 5.72. The van der Waals surface area contributed by atoms with Crippen molar-refractivity contribution in [3.63, 3.8) is 0 Å². The molecule has 0 aliphatic carbocycles. The van der Waals surface area contributed by atoms with Crippen LogP contribution in [0.2, 0.25) is 20.1 Å². The molecule has 0 saturated carbocycles. The Kier molecular flexibility index (Phi) is 9.05. The number of hydrogen-bond acceptors (Lipinski definition) is 6. The molecule has 3 aromatic carbocycles. The summed E-state index contributed by atoms with van der Waals surface area (Å²) < 4.78 is 59.8. The van der Waals surface area contributed by atoms with Crippen molar-refractivity contribution in [3.8, 4) is 0 Å². The van der Waals surface area contributed by atoms with Crippen molar-refractivity contribution in [2.45, 2.75) is 28.8 Å². The van der Waals surface area contributed by atoms with Crippen molar-refractivity contribution in [1.29, 1.82) is 0 Å². The Morgan fingerprint density at radius 2 is 1.28 bits per heavy atom. The van der Waals surface area contributed by atoms with E-state index in [-0.39, 0.29) is 68.6 Å². The fraction of sp³-hybridized carbons (Fsp3) is 0.241. The maximum atomic E-state index is 14.3. The van der Waals surface area contributed by atoms with Crippen molar-refractivity contribution in [2.75, 3.05) is 31.1 Å². The van der Waals surface area contributed by atoms with Gasteiger partial charge in [-0.15, -0.1) is 0 Å². The van der Waals surface area contributed by atoms with Crippen molar-refractivity contribution in [2.24, 2.45) is 0 Å². The van der Waals surface area contributed by atoms with Gasteiger partial charge in [-0.05, 0) is 61.0 Å². The summed E-state index contributed by atoms with van der Waals surface area (Å²) in [6, 6.07) is 16.0. The first-order chi connectivity index (χ1) is 21.6. The third kappa shape index (κ3) is 5.99. The van der Waals surface area contributed by atoms with Gasteiger partial charge in [0.1, 0.15) is 5.54 Å². The van der Waals surface area contributed by atoms with Crippen LogP contribution in [0.3, 0.4) is 0 Å². The molecule has 0 unspecified atom stereocenters. The average Bonchev–Trinajstić information content (AvgIpc) is 3.51. The van der Waals surface area contributed by atoms with Crippen LogP contribution in [0.1, 0.15) is 12.5 Å². The molecule has 0 bridgehead atoms. The van der Waals surface area contributed by atoms with Gasteiger partial charge in [0.15, 0.2) is 5.03 Å². The van der Waals surface area contributed by atoms with Gasteiger partial charge >= 0.3 is 0 Å². The first kappa shape index (κ1) is 33.7. The molecule has 6 rings (SSSR count). The minimum atomic E-state index is -4.27. The van der Waals surface area contributed by atoms with E-state index in [0.29, 0.717) is 5.69 Å². The quantitative estimate of drug-likeness (QED) is 0.208. The van der Waals surface area contributed by atoms with Gasteiger partial charge in [0, 0.05) is 57.2 Å². The molecule has 17 heteroatoms. The summed E-state index contributed by atoms with van der Waals surface area (Å²) in [6.07, 6.45) is 1.36. The van der Waals surface area contributed by atoms with Crippen molar-refractivity contribution < 1.29 is 21.6 Å². The van der Waals surface area contributed by atoms with Crippen molar-refractivity contribution >= 4 is 99.9 Å². The second-order valence-electron chi connectivity index (χ2n) is 11.0. The number of anilines is 2. The molecule has 0 N–H and O–H groups in total. The van der Waals surface area contributed by atoms with Crippen LogP contribution in [0.4, 0.5) is 11.6 Å². The summed E-state index contributed by atoms with van der Waals surface area (Å²) in [4.78, 5) is 20.0.